The minimum atomic E-state index is -0.727. The Kier molecular flexibility index (Phi) is 5.22. The largest absolute Gasteiger partial charge is 0.480 e. The lowest BCUT2D eigenvalue weighted by molar-refractivity contribution is -0.137. The molecule has 28 heavy (non-hydrogen) atoms. The fourth-order valence-electron chi connectivity index (χ4n) is 3.07. The number of rotatable bonds is 5. The lowest BCUT2D eigenvalue weighted by Gasteiger charge is -2.22. The number of aromatic nitrogens is 3. The van der Waals surface area contributed by atoms with E-state index in [-0.39, 0.29) is 11.5 Å². The van der Waals surface area contributed by atoms with Crippen molar-refractivity contribution >= 4 is 16.9 Å². The van der Waals surface area contributed by atoms with Gasteiger partial charge in [0.05, 0.1) is 11.9 Å². The van der Waals surface area contributed by atoms with E-state index >= 15 is 0 Å². The van der Waals surface area contributed by atoms with Crippen molar-refractivity contribution < 1.29 is 13.9 Å². The smallest absolute Gasteiger partial charge is 0.339 e. The van der Waals surface area contributed by atoms with Gasteiger partial charge < -0.3 is 18.6 Å². The van der Waals surface area contributed by atoms with Crippen molar-refractivity contribution in [2.75, 3.05) is 7.05 Å². The maximum absolute atomic E-state index is 12.8. The van der Waals surface area contributed by atoms with Crippen LogP contribution in [0.1, 0.15) is 29.4 Å². The molecule has 148 valence electrons. The molecule has 2 heterocycles. The van der Waals surface area contributed by atoms with E-state index in [1.165, 1.54) is 0 Å². The summed E-state index contributed by atoms with van der Waals surface area (Å²) in [7, 11) is 3.52. The van der Waals surface area contributed by atoms with Gasteiger partial charge in [-0.2, -0.15) is 0 Å². The third-order valence-electron chi connectivity index (χ3n) is 4.87. The van der Waals surface area contributed by atoms with Crippen molar-refractivity contribution in [3.05, 3.63) is 51.4 Å². The second-order valence-corrected chi connectivity index (χ2v) is 7.09. The Morgan fingerprint density at radius 3 is 2.64 bits per heavy atom. The molecular weight excluding hydrogens is 360 g/mol. The van der Waals surface area contributed by atoms with Gasteiger partial charge in [-0.05, 0) is 51.0 Å². The van der Waals surface area contributed by atoms with Gasteiger partial charge >= 0.3 is 5.63 Å². The number of carbonyl (C=O) groups excluding carboxylic acids is 1. The molecule has 0 saturated carbocycles. The number of hydrogen-bond donors (Lipinski definition) is 0. The van der Waals surface area contributed by atoms with Crippen molar-refractivity contribution in [2.24, 2.45) is 7.05 Å². The van der Waals surface area contributed by atoms with Crippen LogP contribution in [0, 0.1) is 20.8 Å². The fourth-order valence-corrected chi connectivity index (χ4v) is 3.07. The molecule has 2 aromatic heterocycles. The van der Waals surface area contributed by atoms with Crippen LogP contribution >= 0.6 is 0 Å². The second kappa shape index (κ2) is 7.46. The zero-order valence-corrected chi connectivity index (χ0v) is 16.9. The lowest BCUT2D eigenvalue weighted by Crippen LogP contribution is -2.38. The van der Waals surface area contributed by atoms with Crippen LogP contribution in [0.4, 0.5) is 0 Å². The van der Waals surface area contributed by atoms with E-state index in [1.54, 1.807) is 42.8 Å². The molecule has 0 fully saturated rings. The monoisotopic (exact) mass is 384 g/mol. The van der Waals surface area contributed by atoms with Crippen LogP contribution in [-0.4, -0.2) is 38.7 Å². The Labute approximate surface area is 162 Å². The number of fused-ring (bicyclic) bond motifs is 1. The van der Waals surface area contributed by atoms with Gasteiger partial charge in [0.15, 0.2) is 11.9 Å². The first-order chi connectivity index (χ1) is 13.2. The van der Waals surface area contributed by atoms with E-state index in [2.05, 4.69) is 10.2 Å². The standard InChI is InChI=1S/C20H24N4O4/c1-11-7-15(18-12(2)13(3)20(26)28-16(18)8-11)27-14(4)19(25)23(5)9-17-22-21-10-24(17)6/h7-8,10,14H,9H2,1-6H3. The molecule has 0 spiro atoms. The zero-order valence-electron chi connectivity index (χ0n) is 16.9. The Hall–Kier alpha value is -3.16. The second-order valence-electron chi connectivity index (χ2n) is 7.09. The number of hydrogen-bond acceptors (Lipinski definition) is 6. The summed E-state index contributed by atoms with van der Waals surface area (Å²) in [5.74, 6) is 1.01. The van der Waals surface area contributed by atoms with Crippen molar-refractivity contribution in [1.82, 2.24) is 19.7 Å². The summed E-state index contributed by atoms with van der Waals surface area (Å²) < 4.78 is 13.2. The summed E-state index contributed by atoms with van der Waals surface area (Å²) in [6.45, 7) is 7.47. The van der Waals surface area contributed by atoms with Gasteiger partial charge in [0, 0.05) is 19.7 Å². The SMILES string of the molecule is Cc1cc(OC(C)C(=O)N(C)Cc2nncn2C)c2c(C)c(C)c(=O)oc2c1. The lowest BCUT2D eigenvalue weighted by atomic mass is 10.0. The van der Waals surface area contributed by atoms with Crippen LogP contribution in [0.3, 0.4) is 0 Å². The van der Waals surface area contributed by atoms with Crippen LogP contribution in [0.25, 0.3) is 11.0 Å². The number of amides is 1. The summed E-state index contributed by atoms with van der Waals surface area (Å²) in [5, 5.41) is 8.53. The molecular formula is C20H24N4O4. The van der Waals surface area contributed by atoms with E-state index in [4.69, 9.17) is 9.15 Å². The minimum Gasteiger partial charge on any atom is -0.480 e. The van der Waals surface area contributed by atoms with Crippen molar-refractivity contribution in [3.8, 4) is 5.75 Å². The predicted molar refractivity (Wildman–Crippen MR) is 104 cm³/mol. The molecule has 0 aliphatic heterocycles. The first-order valence-corrected chi connectivity index (χ1v) is 8.98. The van der Waals surface area contributed by atoms with Crippen LogP contribution in [0.15, 0.2) is 27.7 Å². The van der Waals surface area contributed by atoms with Gasteiger partial charge in [-0.3, -0.25) is 4.79 Å². The molecule has 0 saturated heterocycles. The van der Waals surface area contributed by atoms with Gasteiger partial charge in [-0.15, -0.1) is 10.2 Å². The normalized spacial score (nSPS) is 12.2. The Balaban J connectivity index is 1.89. The number of ether oxygens (including phenoxy) is 1. The van der Waals surface area contributed by atoms with Gasteiger partial charge in [-0.25, -0.2) is 4.79 Å². The summed E-state index contributed by atoms with van der Waals surface area (Å²) in [6.07, 6.45) is 0.862. The number of carbonyl (C=O) groups is 1. The average Bonchev–Trinajstić information content (AvgIpc) is 3.03. The summed E-state index contributed by atoms with van der Waals surface area (Å²) in [4.78, 5) is 26.3. The molecule has 0 N–H and O–H groups in total. The van der Waals surface area contributed by atoms with Crippen molar-refractivity contribution in [2.45, 2.75) is 40.3 Å². The van der Waals surface area contributed by atoms with Gasteiger partial charge in [0.25, 0.3) is 5.91 Å². The fraction of sp³-hybridized carbons (Fsp3) is 0.400. The summed E-state index contributed by atoms with van der Waals surface area (Å²) in [6, 6.07) is 3.64. The molecule has 1 amide bonds. The third kappa shape index (κ3) is 3.62. The minimum absolute atomic E-state index is 0.190. The zero-order chi connectivity index (χ0) is 20.6. The molecule has 8 heteroatoms. The molecule has 8 nitrogen and oxygen atoms in total. The molecule has 0 bridgehead atoms. The highest BCUT2D eigenvalue weighted by molar-refractivity contribution is 5.89. The number of nitrogens with zero attached hydrogens (tertiary/aromatic N) is 4. The predicted octanol–water partition coefficient (Wildman–Crippen LogP) is 2.27. The number of likely N-dealkylation sites (N-methyl/N-ethyl adjacent to an activating group) is 1. The van der Waals surface area contributed by atoms with Gasteiger partial charge in [0.2, 0.25) is 0 Å². The van der Waals surface area contributed by atoms with E-state index in [0.717, 1.165) is 11.1 Å². The maximum Gasteiger partial charge on any atom is 0.339 e. The van der Waals surface area contributed by atoms with Crippen LogP contribution in [0.2, 0.25) is 0 Å². The molecule has 0 radical (unpaired) electrons. The highest BCUT2D eigenvalue weighted by atomic mass is 16.5. The van der Waals surface area contributed by atoms with Gasteiger partial charge in [-0.1, -0.05) is 0 Å². The Bertz CT molecular complexity index is 1100. The Morgan fingerprint density at radius 1 is 1.29 bits per heavy atom. The van der Waals surface area contributed by atoms with Crippen molar-refractivity contribution in [1.29, 1.82) is 0 Å². The van der Waals surface area contributed by atoms with Crippen molar-refractivity contribution in [3.63, 3.8) is 0 Å². The highest BCUT2D eigenvalue weighted by Gasteiger charge is 2.23. The van der Waals surface area contributed by atoms with Crippen LogP contribution in [-0.2, 0) is 18.4 Å². The molecule has 1 aromatic carbocycles. The molecule has 1 atom stereocenters. The molecule has 3 rings (SSSR count). The highest BCUT2D eigenvalue weighted by Crippen LogP contribution is 2.31. The van der Waals surface area contributed by atoms with E-state index in [9.17, 15) is 9.59 Å². The first-order valence-electron chi connectivity index (χ1n) is 8.98. The molecule has 3 aromatic rings. The summed E-state index contributed by atoms with van der Waals surface area (Å²) >= 11 is 0. The molecule has 0 aliphatic carbocycles. The summed E-state index contributed by atoms with van der Waals surface area (Å²) in [5.41, 5.74) is 2.28. The number of benzene rings is 1. The van der Waals surface area contributed by atoms with Crippen LogP contribution < -0.4 is 10.4 Å². The number of aryl methyl sites for hydroxylation is 3. The quantitative estimate of drug-likeness (QED) is 0.627. The third-order valence-corrected chi connectivity index (χ3v) is 4.87. The van der Waals surface area contributed by atoms with Gasteiger partial charge in [0.1, 0.15) is 17.7 Å². The average molecular weight is 384 g/mol. The van der Waals surface area contributed by atoms with Crippen LogP contribution in [0.5, 0.6) is 5.75 Å². The van der Waals surface area contributed by atoms with E-state index in [0.29, 0.717) is 34.7 Å². The Morgan fingerprint density at radius 2 is 2.00 bits per heavy atom. The van der Waals surface area contributed by atoms with E-state index in [1.807, 2.05) is 27.0 Å². The topological polar surface area (TPSA) is 90.5 Å². The first kappa shape index (κ1) is 19.6. The molecule has 1 unspecified atom stereocenters. The van der Waals surface area contributed by atoms with E-state index < -0.39 is 6.10 Å². The maximum atomic E-state index is 12.8. The molecule has 0 aliphatic rings.